The second kappa shape index (κ2) is 7.77. The molecule has 0 radical (unpaired) electrons. The Kier molecular flexibility index (Phi) is 6.31. The molecule has 1 heterocycles. The van der Waals surface area contributed by atoms with Gasteiger partial charge in [-0.15, -0.1) is 0 Å². The first kappa shape index (κ1) is 16.3. The standard InChI is InChI=1S/C17H33NO2/c1-4-18-16(15-8-6-14(3)7-9-15)17(20-5-2)10-12-19-13-11-17/h14-16,18H,4-13H2,1-3H3. The fraction of sp³-hybridized carbons (Fsp3) is 1.00. The molecule has 1 aliphatic carbocycles. The molecule has 0 aromatic heterocycles. The van der Waals surface area contributed by atoms with E-state index in [0.29, 0.717) is 6.04 Å². The lowest BCUT2D eigenvalue weighted by atomic mass is 9.71. The van der Waals surface area contributed by atoms with Crippen LogP contribution in [0.5, 0.6) is 0 Å². The summed E-state index contributed by atoms with van der Waals surface area (Å²) in [6.45, 7) is 10.3. The van der Waals surface area contributed by atoms with Crippen molar-refractivity contribution >= 4 is 0 Å². The molecule has 2 fully saturated rings. The van der Waals surface area contributed by atoms with Crippen LogP contribution in [-0.4, -0.2) is 38.0 Å². The zero-order chi connectivity index (χ0) is 14.4. The summed E-state index contributed by atoms with van der Waals surface area (Å²) in [5, 5.41) is 3.78. The number of hydrogen-bond donors (Lipinski definition) is 1. The van der Waals surface area contributed by atoms with Gasteiger partial charge in [-0.2, -0.15) is 0 Å². The van der Waals surface area contributed by atoms with Crippen LogP contribution in [0.4, 0.5) is 0 Å². The van der Waals surface area contributed by atoms with Gasteiger partial charge in [0.2, 0.25) is 0 Å². The Balaban J connectivity index is 2.10. The molecule has 1 saturated heterocycles. The number of hydrogen-bond acceptors (Lipinski definition) is 3. The summed E-state index contributed by atoms with van der Waals surface area (Å²) in [5.41, 5.74) is 0.00819. The molecule has 3 nitrogen and oxygen atoms in total. The summed E-state index contributed by atoms with van der Waals surface area (Å²) in [4.78, 5) is 0. The van der Waals surface area contributed by atoms with Crippen molar-refractivity contribution in [2.75, 3.05) is 26.4 Å². The third kappa shape index (κ3) is 3.75. The average Bonchev–Trinajstić information content (AvgIpc) is 2.47. The number of nitrogens with one attached hydrogen (secondary N) is 1. The number of rotatable bonds is 6. The molecular formula is C17H33NO2. The van der Waals surface area contributed by atoms with Crippen molar-refractivity contribution in [2.24, 2.45) is 11.8 Å². The minimum absolute atomic E-state index is 0.00819. The second-order valence-corrected chi connectivity index (χ2v) is 6.67. The molecule has 118 valence electrons. The van der Waals surface area contributed by atoms with Gasteiger partial charge < -0.3 is 14.8 Å². The van der Waals surface area contributed by atoms with Gasteiger partial charge in [-0.25, -0.2) is 0 Å². The van der Waals surface area contributed by atoms with Crippen LogP contribution in [0.1, 0.15) is 59.3 Å². The van der Waals surface area contributed by atoms with E-state index in [0.717, 1.165) is 51.0 Å². The first-order chi connectivity index (χ1) is 9.72. The van der Waals surface area contributed by atoms with Crippen LogP contribution in [0.3, 0.4) is 0 Å². The molecule has 1 saturated carbocycles. The van der Waals surface area contributed by atoms with Crippen molar-refractivity contribution in [3.05, 3.63) is 0 Å². The second-order valence-electron chi connectivity index (χ2n) is 6.67. The maximum absolute atomic E-state index is 6.32. The lowest BCUT2D eigenvalue weighted by molar-refractivity contribution is -0.138. The van der Waals surface area contributed by atoms with E-state index in [9.17, 15) is 0 Å². The lowest BCUT2D eigenvalue weighted by Gasteiger charge is -2.48. The Bertz CT molecular complexity index is 263. The normalized spacial score (nSPS) is 31.9. The molecule has 20 heavy (non-hydrogen) atoms. The number of ether oxygens (including phenoxy) is 2. The van der Waals surface area contributed by atoms with Crippen LogP contribution in [0.25, 0.3) is 0 Å². The SMILES string of the molecule is CCNC(C1CCC(C)CC1)C1(OCC)CCOCC1. The highest BCUT2D eigenvalue weighted by molar-refractivity contribution is 4.99. The van der Waals surface area contributed by atoms with E-state index in [1.165, 1.54) is 25.7 Å². The Morgan fingerprint density at radius 2 is 1.80 bits per heavy atom. The van der Waals surface area contributed by atoms with Crippen LogP contribution in [0.2, 0.25) is 0 Å². The zero-order valence-corrected chi connectivity index (χ0v) is 13.6. The molecule has 2 rings (SSSR count). The van der Waals surface area contributed by atoms with E-state index in [4.69, 9.17) is 9.47 Å². The largest absolute Gasteiger partial charge is 0.381 e. The summed E-state index contributed by atoms with van der Waals surface area (Å²) < 4.78 is 11.9. The summed E-state index contributed by atoms with van der Waals surface area (Å²) in [6.07, 6.45) is 7.56. The summed E-state index contributed by atoms with van der Waals surface area (Å²) in [7, 11) is 0. The van der Waals surface area contributed by atoms with Crippen molar-refractivity contribution in [1.82, 2.24) is 5.32 Å². The minimum Gasteiger partial charge on any atom is -0.381 e. The van der Waals surface area contributed by atoms with Gasteiger partial charge in [-0.1, -0.05) is 26.7 Å². The van der Waals surface area contributed by atoms with E-state index in [1.807, 2.05) is 0 Å². The topological polar surface area (TPSA) is 30.5 Å². The zero-order valence-electron chi connectivity index (χ0n) is 13.6. The fourth-order valence-corrected chi connectivity index (χ4v) is 4.17. The van der Waals surface area contributed by atoms with E-state index < -0.39 is 0 Å². The van der Waals surface area contributed by atoms with Gasteiger partial charge in [0.25, 0.3) is 0 Å². The highest BCUT2D eigenvalue weighted by atomic mass is 16.5. The third-order valence-electron chi connectivity index (χ3n) is 5.29. The predicted molar refractivity (Wildman–Crippen MR) is 83.0 cm³/mol. The Morgan fingerprint density at radius 3 is 2.35 bits per heavy atom. The van der Waals surface area contributed by atoms with Crippen molar-refractivity contribution in [2.45, 2.75) is 70.9 Å². The van der Waals surface area contributed by atoms with Gasteiger partial charge in [-0.3, -0.25) is 0 Å². The molecule has 0 aromatic rings. The molecule has 2 aliphatic rings. The molecule has 0 amide bonds. The smallest absolute Gasteiger partial charge is 0.0881 e. The lowest BCUT2D eigenvalue weighted by Crippen LogP contribution is -2.59. The van der Waals surface area contributed by atoms with Crippen LogP contribution in [0.15, 0.2) is 0 Å². The van der Waals surface area contributed by atoms with Gasteiger partial charge in [0.1, 0.15) is 0 Å². The Labute approximate surface area is 124 Å². The van der Waals surface area contributed by atoms with E-state index in [1.54, 1.807) is 0 Å². The first-order valence-electron chi connectivity index (χ1n) is 8.67. The van der Waals surface area contributed by atoms with Crippen LogP contribution < -0.4 is 5.32 Å². The van der Waals surface area contributed by atoms with Gasteiger partial charge in [0.05, 0.1) is 5.60 Å². The first-order valence-corrected chi connectivity index (χ1v) is 8.67. The van der Waals surface area contributed by atoms with Gasteiger partial charge >= 0.3 is 0 Å². The Morgan fingerprint density at radius 1 is 1.15 bits per heavy atom. The van der Waals surface area contributed by atoms with Crippen molar-refractivity contribution in [1.29, 1.82) is 0 Å². The molecule has 1 atom stereocenters. The van der Waals surface area contributed by atoms with Crippen LogP contribution >= 0.6 is 0 Å². The molecule has 1 unspecified atom stereocenters. The quantitative estimate of drug-likeness (QED) is 0.810. The monoisotopic (exact) mass is 283 g/mol. The molecule has 0 spiro atoms. The van der Waals surface area contributed by atoms with Crippen LogP contribution in [-0.2, 0) is 9.47 Å². The van der Waals surface area contributed by atoms with E-state index in [2.05, 4.69) is 26.1 Å². The van der Waals surface area contributed by atoms with Crippen molar-refractivity contribution in [3.8, 4) is 0 Å². The van der Waals surface area contributed by atoms with Gasteiger partial charge in [0.15, 0.2) is 0 Å². The average molecular weight is 283 g/mol. The van der Waals surface area contributed by atoms with Gasteiger partial charge in [0, 0.05) is 38.7 Å². The minimum atomic E-state index is 0.00819. The molecule has 3 heteroatoms. The van der Waals surface area contributed by atoms with E-state index in [-0.39, 0.29) is 5.60 Å². The maximum atomic E-state index is 6.32. The highest BCUT2D eigenvalue weighted by Gasteiger charge is 2.44. The third-order valence-corrected chi connectivity index (χ3v) is 5.29. The highest BCUT2D eigenvalue weighted by Crippen LogP contribution is 2.39. The van der Waals surface area contributed by atoms with Crippen molar-refractivity contribution < 1.29 is 9.47 Å². The molecule has 1 N–H and O–H groups in total. The van der Waals surface area contributed by atoms with E-state index >= 15 is 0 Å². The summed E-state index contributed by atoms with van der Waals surface area (Å²) in [5.74, 6) is 1.68. The summed E-state index contributed by atoms with van der Waals surface area (Å²) in [6, 6.07) is 0.504. The molecule has 1 aliphatic heterocycles. The predicted octanol–water partition coefficient (Wildman–Crippen LogP) is 3.38. The Hall–Kier alpha value is -0.120. The van der Waals surface area contributed by atoms with Gasteiger partial charge in [-0.05, 0) is 38.1 Å². The van der Waals surface area contributed by atoms with Crippen LogP contribution in [0, 0.1) is 11.8 Å². The molecule has 0 aromatic carbocycles. The number of likely N-dealkylation sites (N-methyl/N-ethyl adjacent to an activating group) is 1. The fourth-order valence-electron chi connectivity index (χ4n) is 4.17. The summed E-state index contributed by atoms with van der Waals surface area (Å²) >= 11 is 0. The molecule has 0 bridgehead atoms. The maximum Gasteiger partial charge on any atom is 0.0881 e. The molecular weight excluding hydrogens is 250 g/mol. The van der Waals surface area contributed by atoms with Crippen molar-refractivity contribution in [3.63, 3.8) is 0 Å².